The van der Waals surface area contributed by atoms with Crippen molar-refractivity contribution in [2.45, 2.75) is 30.7 Å². The molecule has 0 fully saturated rings. The van der Waals surface area contributed by atoms with Crippen molar-refractivity contribution in [3.8, 4) is 17.6 Å². The van der Waals surface area contributed by atoms with Gasteiger partial charge < -0.3 is 10.1 Å². The number of hydroxylamine groups is 1. The summed E-state index contributed by atoms with van der Waals surface area (Å²) in [6.07, 6.45) is 0.331. The third kappa shape index (κ3) is 8.51. The number of halogens is 1. The Morgan fingerprint density at radius 2 is 1.79 bits per heavy atom. The van der Waals surface area contributed by atoms with Crippen molar-refractivity contribution in [2.75, 3.05) is 13.2 Å². The van der Waals surface area contributed by atoms with Gasteiger partial charge in [-0.25, -0.2) is 13.9 Å². The number of amides is 2. The first-order chi connectivity index (χ1) is 15.8. The van der Waals surface area contributed by atoms with Crippen molar-refractivity contribution in [1.29, 1.82) is 0 Å². The lowest BCUT2D eigenvalue weighted by molar-refractivity contribution is -0.131. The molecule has 0 saturated heterocycles. The van der Waals surface area contributed by atoms with Crippen LogP contribution in [0.4, 0.5) is 0 Å². The van der Waals surface area contributed by atoms with Gasteiger partial charge >= 0.3 is 0 Å². The van der Waals surface area contributed by atoms with Gasteiger partial charge in [0.15, 0.2) is 0 Å². The molecule has 0 heterocycles. The summed E-state index contributed by atoms with van der Waals surface area (Å²) in [5.74, 6) is 4.66. The van der Waals surface area contributed by atoms with Gasteiger partial charge in [-0.2, -0.15) is 4.72 Å². The van der Waals surface area contributed by atoms with Crippen LogP contribution in [0, 0.1) is 11.8 Å². The zero-order chi connectivity index (χ0) is 24.3. The van der Waals surface area contributed by atoms with Crippen LogP contribution in [0.2, 0.25) is 0 Å². The van der Waals surface area contributed by atoms with Crippen LogP contribution in [0.5, 0.6) is 5.75 Å². The van der Waals surface area contributed by atoms with Crippen LogP contribution < -0.4 is 20.3 Å². The minimum absolute atomic E-state index is 0.0448. The largest absolute Gasteiger partial charge is 0.481 e. The van der Waals surface area contributed by atoms with Gasteiger partial charge in [0.25, 0.3) is 11.8 Å². The lowest BCUT2D eigenvalue weighted by Crippen LogP contribution is -2.46. The van der Waals surface area contributed by atoms with E-state index in [1.54, 1.807) is 31.2 Å². The van der Waals surface area contributed by atoms with Crippen molar-refractivity contribution in [2.24, 2.45) is 0 Å². The third-order valence-electron chi connectivity index (χ3n) is 4.41. The number of hydrogen-bond acceptors (Lipinski definition) is 6. The molecule has 1 atom stereocenters. The molecule has 0 aliphatic rings. The fourth-order valence-corrected chi connectivity index (χ4v) is 4.19. The molecule has 0 bridgehead atoms. The Labute approximate surface area is 201 Å². The topological polar surface area (TPSA) is 134 Å². The van der Waals surface area contributed by atoms with Crippen LogP contribution in [0.1, 0.15) is 30.1 Å². The van der Waals surface area contributed by atoms with E-state index in [1.165, 1.54) is 29.7 Å². The molecule has 2 aromatic rings. The summed E-state index contributed by atoms with van der Waals surface area (Å²) < 4.78 is 33.8. The van der Waals surface area contributed by atoms with Crippen LogP contribution in [0.3, 0.4) is 0 Å². The summed E-state index contributed by atoms with van der Waals surface area (Å²) in [5.41, 5.74) is 1.94. The van der Waals surface area contributed by atoms with Crippen molar-refractivity contribution in [3.05, 3.63) is 58.6 Å². The van der Waals surface area contributed by atoms with Crippen molar-refractivity contribution < 1.29 is 28.0 Å². The SMILES string of the molecule is CC#CCOc1ccc(S(=O)(=O)NC(CCCNC(=O)c2ccc(Br)cc2)C(=O)NO)cc1. The van der Waals surface area contributed by atoms with E-state index in [0.717, 1.165) is 4.47 Å². The average Bonchev–Trinajstić information content (AvgIpc) is 2.81. The molecule has 1 unspecified atom stereocenters. The van der Waals surface area contributed by atoms with Crippen LogP contribution >= 0.6 is 15.9 Å². The van der Waals surface area contributed by atoms with E-state index < -0.39 is 22.0 Å². The molecule has 33 heavy (non-hydrogen) atoms. The number of benzene rings is 2. The Hall–Kier alpha value is -2.91. The van der Waals surface area contributed by atoms with E-state index in [1.807, 2.05) is 0 Å². The first-order valence-electron chi connectivity index (χ1n) is 9.89. The Bertz CT molecular complexity index is 1110. The van der Waals surface area contributed by atoms with Gasteiger partial charge in [-0.3, -0.25) is 14.8 Å². The van der Waals surface area contributed by atoms with E-state index in [9.17, 15) is 18.0 Å². The monoisotopic (exact) mass is 537 g/mol. The molecule has 2 aromatic carbocycles. The lowest BCUT2D eigenvalue weighted by Gasteiger charge is -2.17. The van der Waals surface area contributed by atoms with E-state index in [2.05, 4.69) is 37.8 Å². The molecule has 11 heteroatoms. The second kappa shape index (κ2) is 13.0. The number of ether oxygens (including phenoxy) is 1. The molecule has 0 radical (unpaired) electrons. The second-order valence-corrected chi connectivity index (χ2v) is 9.37. The van der Waals surface area contributed by atoms with Crippen LogP contribution in [0.15, 0.2) is 57.9 Å². The zero-order valence-electron chi connectivity index (χ0n) is 17.8. The van der Waals surface area contributed by atoms with Gasteiger partial charge in [-0.15, -0.1) is 5.92 Å². The molecular formula is C22H24BrN3O6S. The molecule has 2 amide bonds. The summed E-state index contributed by atoms with van der Waals surface area (Å²) in [6, 6.07) is 11.2. The number of nitrogens with one attached hydrogen (secondary N) is 3. The number of carbonyl (C=O) groups is 2. The number of sulfonamides is 1. The van der Waals surface area contributed by atoms with E-state index >= 15 is 0 Å². The van der Waals surface area contributed by atoms with E-state index in [-0.39, 0.29) is 36.8 Å². The van der Waals surface area contributed by atoms with Gasteiger partial charge in [-0.1, -0.05) is 21.9 Å². The summed E-state index contributed by atoms with van der Waals surface area (Å²) in [7, 11) is -4.05. The molecule has 176 valence electrons. The predicted octanol–water partition coefficient (Wildman–Crippen LogP) is 2.21. The number of rotatable bonds is 11. The molecule has 2 rings (SSSR count). The highest BCUT2D eigenvalue weighted by Crippen LogP contribution is 2.17. The standard InChI is InChI=1S/C22H24BrN3O6S/c1-2-3-15-32-18-10-12-19(13-11-18)33(30,31)26-20(22(28)25-29)5-4-14-24-21(27)16-6-8-17(23)9-7-16/h6-13,20,26,29H,4-5,14-15H2,1H3,(H,24,27)(H,25,28). The van der Waals surface area contributed by atoms with Gasteiger partial charge in [-0.05, 0) is 68.3 Å². The summed E-state index contributed by atoms with van der Waals surface area (Å²) in [6.45, 7) is 2.07. The normalized spacial score (nSPS) is 11.6. The fraction of sp³-hybridized carbons (Fsp3) is 0.273. The predicted molar refractivity (Wildman–Crippen MR) is 125 cm³/mol. The molecule has 0 saturated carbocycles. The highest BCUT2D eigenvalue weighted by atomic mass is 79.9. The van der Waals surface area contributed by atoms with Crippen LogP contribution in [0.25, 0.3) is 0 Å². The van der Waals surface area contributed by atoms with Crippen molar-refractivity contribution >= 4 is 37.8 Å². The Kier molecular flexibility index (Phi) is 10.3. The molecule has 0 aliphatic carbocycles. The van der Waals surface area contributed by atoms with Gasteiger partial charge in [0.2, 0.25) is 10.0 Å². The molecule has 4 N–H and O–H groups in total. The lowest BCUT2D eigenvalue weighted by atomic mass is 10.1. The van der Waals surface area contributed by atoms with Gasteiger partial charge in [0.05, 0.1) is 4.90 Å². The molecule has 0 aliphatic heterocycles. The maximum atomic E-state index is 12.7. The quantitative estimate of drug-likeness (QED) is 0.150. The highest BCUT2D eigenvalue weighted by molar-refractivity contribution is 9.10. The Morgan fingerprint density at radius 3 is 2.39 bits per heavy atom. The molecule has 9 nitrogen and oxygen atoms in total. The number of hydrogen-bond donors (Lipinski definition) is 4. The summed E-state index contributed by atoms with van der Waals surface area (Å²) in [5, 5.41) is 11.7. The van der Waals surface area contributed by atoms with E-state index in [4.69, 9.17) is 9.94 Å². The minimum Gasteiger partial charge on any atom is -0.481 e. The summed E-state index contributed by atoms with van der Waals surface area (Å²) in [4.78, 5) is 24.1. The first kappa shape index (κ1) is 26.3. The maximum absolute atomic E-state index is 12.7. The fourth-order valence-electron chi connectivity index (χ4n) is 2.69. The zero-order valence-corrected chi connectivity index (χ0v) is 20.2. The molecule has 0 aromatic heterocycles. The first-order valence-corrected chi connectivity index (χ1v) is 12.2. The van der Waals surface area contributed by atoms with Crippen molar-refractivity contribution in [3.63, 3.8) is 0 Å². The average molecular weight is 538 g/mol. The van der Waals surface area contributed by atoms with E-state index in [0.29, 0.717) is 11.3 Å². The highest BCUT2D eigenvalue weighted by Gasteiger charge is 2.25. The minimum atomic E-state index is -4.05. The maximum Gasteiger partial charge on any atom is 0.261 e. The van der Waals surface area contributed by atoms with Crippen LogP contribution in [-0.4, -0.2) is 44.6 Å². The van der Waals surface area contributed by atoms with Crippen LogP contribution in [-0.2, 0) is 14.8 Å². The Balaban J connectivity index is 1.94. The number of carbonyl (C=O) groups excluding carboxylic acids is 2. The molecular weight excluding hydrogens is 514 g/mol. The molecule has 0 spiro atoms. The Morgan fingerprint density at radius 1 is 1.12 bits per heavy atom. The van der Waals surface area contributed by atoms with Gasteiger partial charge in [0.1, 0.15) is 18.4 Å². The third-order valence-corrected chi connectivity index (χ3v) is 6.42. The smallest absolute Gasteiger partial charge is 0.261 e. The van der Waals surface area contributed by atoms with Gasteiger partial charge in [0, 0.05) is 16.6 Å². The second-order valence-electron chi connectivity index (χ2n) is 6.74. The van der Waals surface area contributed by atoms with Crippen molar-refractivity contribution in [1.82, 2.24) is 15.5 Å². The summed E-state index contributed by atoms with van der Waals surface area (Å²) >= 11 is 3.29.